The van der Waals surface area contributed by atoms with Gasteiger partial charge in [0.25, 0.3) is 0 Å². The normalized spacial score (nSPS) is 24.0. The zero-order valence-corrected chi connectivity index (χ0v) is 10.7. The smallest absolute Gasteiger partial charge is 0.00397 e. The van der Waals surface area contributed by atoms with Gasteiger partial charge < -0.3 is 10.6 Å². The van der Waals surface area contributed by atoms with Gasteiger partial charge in [-0.2, -0.15) is 0 Å². The highest BCUT2D eigenvalue weighted by Crippen LogP contribution is 2.20. The maximum absolute atomic E-state index is 5.94. The molecule has 1 rings (SSSR count). The van der Waals surface area contributed by atoms with Crippen molar-refractivity contribution in [2.24, 2.45) is 17.6 Å². The minimum Gasteiger partial charge on any atom is -0.328 e. The number of rotatable bonds is 5. The van der Waals surface area contributed by atoms with E-state index in [0.29, 0.717) is 6.04 Å². The molecule has 0 aromatic heterocycles. The topological polar surface area (TPSA) is 29.3 Å². The van der Waals surface area contributed by atoms with Crippen LogP contribution in [0, 0.1) is 11.8 Å². The van der Waals surface area contributed by atoms with E-state index in [1.165, 1.54) is 45.3 Å². The summed E-state index contributed by atoms with van der Waals surface area (Å²) in [5.74, 6) is 1.63. The molecule has 1 fully saturated rings. The molecule has 2 unspecified atom stereocenters. The van der Waals surface area contributed by atoms with Crippen LogP contribution in [0.5, 0.6) is 0 Å². The molecule has 0 aliphatic carbocycles. The van der Waals surface area contributed by atoms with Gasteiger partial charge in [-0.15, -0.1) is 0 Å². The summed E-state index contributed by atoms with van der Waals surface area (Å²) in [6.07, 6.45) is 5.29. The van der Waals surface area contributed by atoms with Crippen LogP contribution in [0.3, 0.4) is 0 Å². The molecule has 0 bridgehead atoms. The van der Waals surface area contributed by atoms with Crippen molar-refractivity contribution in [2.75, 3.05) is 19.6 Å². The van der Waals surface area contributed by atoms with Crippen LogP contribution < -0.4 is 5.73 Å². The average Bonchev–Trinajstić information content (AvgIpc) is 2.18. The Balaban J connectivity index is 2.19. The Hall–Kier alpha value is -0.0800. The fraction of sp³-hybridized carbons (Fsp3) is 1.00. The molecule has 1 saturated heterocycles. The highest BCUT2D eigenvalue weighted by molar-refractivity contribution is 4.78. The summed E-state index contributed by atoms with van der Waals surface area (Å²) < 4.78 is 0. The van der Waals surface area contributed by atoms with Gasteiger partial charge in [0, 0.05) is 12.6 Å². The molecule has 15 heavy (non-hydrogen) atoms. The minimum atomic E-state index is 0.389. The van der Waals surface area contributed by atoms with Crippen molar-refractivity contribution in [1.82, 2.24) is 4.90 Å². The van der Waals surface area contributed by atoms with E-state index in [1.807, 2.05) is 0 Å². The van der Waals surface area contributed by atoms with Crippen molar-refractivity contribution >= 4 is 0 Å². The van der Waals surface area contributed by atoms with Gasteiger partial charge in [0.05, 0.1) is 0 Å². The van der Waals surface area contributed by atoms with Gasteiger partial charge in [0.1, 0.15) is 0 Å². The van der Waals surface area contributed by atoms with Crippen LogP contribution in [-0.4, -0.2) is 30.6 Å². The summed E-state index contributed by atoms with van der Waals surface area (Å²) in [4.78, 5) is 2.62. The first-order valence-corrected chi connectivity index (χ1v) is 6.61. The second-order valence-electron chi connectivity index (χ2n) is 5.39. The molecule has 0 radical (unpaired) electrons. The number of likely N-dealkylation sites (tertiary alicyclic amines) is 1. The molecule has 1 aliphatic heterocycles. The Bertz CT molecular complexity index is 160. The third-order valence-electron chi connectivity index (χ3n) is 3.73. The van der Waals surface area contributed by atoms with Gasteiger partial charge in [-0.1, -0.05) is 20.3 Å². The maximum Gasteiger partial charge on any atom is 0.00397 e. The van der Waals surface area contributed by atoms with E-state index in [0.717, 1.165) is 11.8 Å². The lowest BCUT2D eigenvalue weighted by atomic mass is 9.90. The summed E-state index contributed by atoms with van der Waals surface area (Å²) in [6.45, 7) is 10.6. The zero-order chi connectivity index (χ0) is 11.3. The van der Waals surface area contributed by atoms with E-state index in [-0.39, 0.29) is 0 Å². The van der Waals surface area contributed by atoms with E-state index in [2.05, 4.69) is 25.7 Å². The van der Waals surface area contributed by atoms with Crippen molar-refractivity contribution in [3.05, 3.63) is 0 Å². The third kappa shape index (κ3) is 4.52. The SMILES string of the molecule is CCCC(C)CN1CCC(C(C)N)CC1. The third-order valence-corrected chi connectivity index (χ3v) is 3.73. The fourth-order valence-electron chi connectivity index (χ4n) is 2.69. The molecule has 2 atom stereocenters. The van der Waals surface area contributed by atoms with Crippen LogP contribution in [-0.2, 0) is 0 Å². The van der Waals surface area contributed by atoms with Crippen LogP contribution in [0.2, 0.25) is 0 Å². The van der Waals surface area contributed by atoms with Crippen LogP contribution in [0.25, 0.3) is 0 Å². The predicted octanol–water partition coefficient (Wildman–Crippen LogP) is 2.48. The van der Waals surface area contributed by atoms with Gasteiger partial charge in [0.2, 0.25) is 0 Å². The Labute approximate surface area is 95.2 Å². The molecule has 0 amide bonds. The number of hydrogen-bond donors (Lipinski definition) is 1. The van der Waals surface area contributed by atoms with E-state index >= 15 is 0 Å². The standard InChI is InChI=1S/C13H28N2/c1-4-5-11(2)10-15-8-6-13(7-9-15)12(3)14/h11-13H,4-10,14H2,1-3H3. The van der Waals surface area contributed by atoms with Gasteiger partial charge in [-0.3, -0.25) is 0 Å². The van der Waals surface area contributed by atoms with Gasteiger partial charge in [-0.25, -0.2) is 0 Å². The molecule has 0 aromatic carbocycles. The van der Waals surface area contributed by atoms with E-state index in [1.54, 1.807) is 0 Å². The van der Waals surface area contributed by atoms with Crippen molar-refractivity contribution in [3.63, 3.8) is 0 Å². The Morgan fingerprint density at radius 1 is 1.27 bits per heavy atom. The van der Waals surface area contributed by atoms with Gasteiger partial charge in [-0.05, 0) is 51.1 Å². The zero-order valence-electron chi connectivity index (χ0n) is 10.7. The molecule has 2 heteroatoms. The average molecular weight is 212 g/mol. The number of hydrogen-bond acceptors (Lipinski definition) is 2. The molecule has 0 aromatic rings. The first kappa shape index (κ1) is 13.0. The molecule has 90 valence electrons. The van der Waals surface area contributed by atoms with Crippen molar-refractivity contribution in [2.45, 2.75) is 52.5 Å². The quantitative estimate of drug-likeness (QED) is 0.758. The summed E-state index contributed by atoms with van der Waals surface area (Å²) >= 11 is 0. The molecular weight excluding hydrogens is 184 g/mol. The van der Waals surface area contributed by atoms with Crippen LogP contribution in [0.1, 0.15) is 46.5 Å². The highest BCUT2D eigenvalue weighted by atomic mass is 15.1. The number of piperidine rings is 1. The lowest BCUT2D eigenvalue weighted by molar-refractivity contribution is 0.152. The van der Waals surface area contributed by atoms with Crippen molar-refractivity contribution in [3.8, 4) is 0 Å². The first-order valence-electron chi connectivity index (χ1n) is 6.61. The molecule has 0 spiro atoms. The Kier molecular flexibility index (Phi) is 5.62. The molecule has 2 N–H and O–H groups in total. The highest BCUT2D eigenvalue weighted by Gasteiger charge is 2.22. The van der Waals surface area contributed by atoms with Crippen molar-refractivity contribution in [1.29, 1.82) is 0 Å². The van der Waals surface area contributed by atoms with Crippen molar-refractivity contribution < 1.29 is 0 Å². The maximum atomic E-state index is 5.94. The van der Waals surface area contributed by atoms with Crippen LogP contribution in [0.4, 0.5) is 0 Å². The molecule has 2 nitrogen and oxygen atoms in total. The molecule has 1 heterocycles. The molecular formula is C13H28N2. The number of nitrogens with two attached hydrogens (primary N) is 1. The fourth-order valence-corrected chi connectivity index (χ4v) is 2.69. The monoisotopic (exact) mass is 212 g/mol. The summed E-state index contributed by atoms with van der Waals surface area (Å²) in [5.41, 5.74) is 5.94. The number of nitrogens with zero attached hydrogens (tertiary/aromatic N) is 1. The summed E-state index contributed by atoms with van der Waals surface area (Å²) in [6, 6.07) is 0.389. The van der Waals surface area contributed by atoms with Gasteiger partial charge in [0.15, 0.2) is 0 Å². The van der Waals surface area contributed by atoms with Crippen LogP contribution in [0.15, 0.2) is 0 Å². The first-order chi connectivity index (χ1) is 7.13. The Morgan fingerprint density at radius 2 is 1.87 bits per heavy atom. The van der Waals surface area contributed by atoms with E-state index in [9.17, 15) is 0 Å². The Morgan fingerprint density at radius 3 is 2.33 bits per heavy atom. The van der Waals surface area contributed by atoms with E-state index < -0.39 is 0 Å². The summed E-state index contributed by atoms with van der Waals surface area (Å²) in [7, 11) is 0. The second kappa shape index (κ2) is 6.49. The predicted molar refractivity (Wildman–Crippen MR) is 66.9 cm³/mol. The second-order valence-corrected chi connectivity index (χ2v) is 5.39. The molecule has 1 aliphatic rings. The lowest BCUT2D eigenvalue weighted by Gasteiger charge is -2.35. The van der Waals surface area contributed by atoms with E-state index in [4.69, 9.17) is 5.73 Å². The lowest BCUT2D eigenvalue weighted by Crippen LogP contribution is -2.41. The summed E-state index contributed by atoms with van der Waals surface area (Å²) in [5, 5.41) is 0. The van der Waals surface area contributed by atoms with Crippen LogP contribution >= 0.6 is 0 Å². The minimum absolute atomic E-state index is 0.389. The van der Waals surface area contributed by atoms with Gasteiger partial charge >= 0.3 is 0 Å². The molecule has 0 saturated carbocycles. The largest absolute Gasteiger partial charge is 0.328 e.